The first-order chi connectivity index (χ1) is 9.60. The third kappa shape index (κ3) is 4.52. The number of nitrogens with two attached hydrogens (primary N) is 1. The fourth-order valence-electron chi connectivity index (χ4n) is 1.80. The van der Waals surface area contributed by atoms with E-state index in [2.05, 4.69) is 10.0 Å². The highest BCUT2D eigenvalue weighted by atomic mass is 32.2. The topological polar surface area (TPSA) is 101 Å². The maximum Gasteiger partial charge on any atom is 0.241 e. The largest absolute Gasteiger partial charge is 0.368 e. The number of hydrogen-bond donors (Lipinski definition) is 3. The van der Waals surface area contributed by atoms with Crippen LogP contribution < -0.4 is 15.8 Å². The first-order valence-electron chi connectivity index (χ1n) is 6.77. The summed E-state index contributed by atoms with van der Waals surface area (Å²) in [6.07, 6.45) is 0. The number of sulfonamides is 1. The van der Waals surface area contributed by atoms with Crippen molar-refractivity contribution < 1.29 is 13.2 Å². The fraction of sp³-hybridized carbons (Fsp3) is 0.500. The number of nitrogens with one attached hydrogen (secondary N) is 2. The lowest BCUT2D eigenvalue weighted by Crippen LogP contribution is -2.52. The van der Waals surface area contributed by atoms with E-state index in [4.69, 9.17) is 5.73 Å². The molecule has 0 heterocycles. The Balaban J connectivity index is 2.98. The zero-order valence-electron chi connectivity index (χ0n) is 12.8. The number of benzene rings is 1. The Bertz CT molecular complexity index is 594. The van der Waals surface area contributed by atoms with Gasteiger partial charge < -0.3 is 11.1 Å². The quantitative estimate of drug-likeness (QED) is 0.696. The van der Waals surface area contributed by atoms with Crippen molar-refractivity contribution in [3.63, 3.8) is 0 Å². The molecule has 0 spiro atoms. The minimum atomic E-state index is -3.79. The van der Waals surface area contributed by atoms with Crippen molar-refractivity contribution in [3.05, 3.63) is 29.8 Å². The Morgan fingerprint density at radius 1 is 1.29 bits per heavy atom. The zero-order valence-corrected chi connectivity index (χ0v) is 13.6. The predicted molar refractivity (Wildman–Crippen MR) is 82.1 cm³/mol. The first-order valence-corrected chi connectivity index (χ1v) is 8.25. The number of carbonyl (C=O) groups excluding carboxylic acids is 1. The van der Waals surface area contributed by atoms with Gasteiger partial charge in [0.1, 0.15) is 5.54 Å². The van der Waals surface area contributed by atoms with Crippen LogP contribution >= 0.6 is 0 Å². The summed E-state index contributed by atoms with van der Waals surface area (Å²) in [5, 5.41) is 3.25. The van der Waals surface area contributed by atoms with Crippen LogP contribution in [0.5, 0.6) is 0 Å². The van der Waals surface area contributed by atoms with Crippen LogP contribution in [0.2, 0.25) is 0 Å². The van der Waals surface area contributed by atoms with E-state index in [0.29, 0.717) is 0 Å². The highest BCUT2D eigenvalue weighted by Gasteiger charge is 2.31. The number of primary amides is 1. The van der Waals surface area contributed by atoms with Gasteiger partial charge in [-0.25, -0.2) is 8.42 Å². The lowest BCUT2D eigenvalue weighted by Gasteiger charge is -2.22. The van der Waals surface area contributed by atoms with Gasteiger partial charge in [-0.1, -0.05) is 19.1 Å². The summed E-state index contributed by atoms with van der Waals surface area (Å²) in [4.78, 5) is 11.3. The van der Waals surface area contributed by atoms with Gasteiger partial charge in [0.15, 0.2) is 0 Å². The molecule has 0 aliphatic carbocycles. The summed E-state index contributed by atoms with van der Waals surface area (Å²) >= 11 is 0. The fourth-order valence-corrected chi connectivity index (χ4v) is 3.19. The third-order valence-corrected chi connectivity index (χ3v) is 4.88. The van der Waals surface area contributed by atoms with Gasteiger partial charge in [-0.15, -0.1) is 0 Å². The monoisotopic (exact) mass is 313 g/mol. The van der Waals surface area contributed by atoms with Crippen LogP contribution in [-0.4, -0.2) is 26.4 Å². The number of hydrogen-bond acceptors (Lipinski definition) is 4. The van der Waals surface area contributed by atoms with E-state index in [1.54, 1.807) is 12.1 Å². The molecule has 0 saturated heterocycles. The third-order valence-electron chi connectivity index (χ3n) is 3.21. The summed E-state index contributed by atoms with van der Waals surface area (Å²) in [6.45, 7) is 7.69. The average Bonchev–Trinajstić information content (AvgIpc) is 2.38. The van der Waals surface area contributed by atoms with Crippen LogP contribution in [0.1, 0.15) is 39.3 Å². The molecule has 0 aliphatic heterocycles. The van der Waals surface area contributed by atoms with Crippen LogP contribution in [0.4, 0.5) is 0 Å². The standard InChI is InChI=1S/C14H23N3O3S/c1-5-16-10(2)11-6-8-12(9-7-11)21(19,20)17-14(3,4)13(15)18/h6-10,16-17H,5H2,1-4H3,(H2,15,18). The van der Waals surface area contributed by atoms with Gasteiger partial charge >= 0.3 is 0 Å². The van der Waals surface area contributed by atoms with Crippen molar-refractivity contribution in [2.24, 2.45) is 5.73 Å². The smallest absolute Gasteiger partial charge is 0.241 e. The molecule has 7 heteroatoms. The van der Waals surface area contributed by atoms with Gasteiger partial charge in [0.25, 0.3) is 0 Å². The molecule has 1 atom stereocenters. The molecule has 0 aromatic heterocycles. The Hall–Kier alpha value is -1.44. The van der Waals surface area contributed by atoms with Crippen molar-refractivity contribution in [3.8, 4) is 0 Å². The molecular formula is C14H23N3O3S. The van der Waals surface area contributed by atoms with Gasteiger partial charge in [0.2, 0.25) is 15.9 Å². The highest BCUT2D eigenvalue weighted by Crippen LogP contribution is 2.17. The van der Waals surface area contributed by atoms with E-state index in [1.807, 2.05) is 13.8 Å². The van der Waals surface area contributed by atoms with Crippen LogP contribution in [0, 0.1) is 0 Å². The number of rotatable bonds is 7. The number of amides is 1. The second-order valence-electron chi connectivity index (χ2n) is 5.44. The van der Waals surface area contributed by atoms with E-state index < -0.39 is 21.5 Å². The minimum absolute atomic E-state index is 0.101. The summed E-state index contributed by atoms with van der Waals surface area (Å²) in [5.74, 6) is -0.733. The molecule has 1 amide bonds. The molecule has 118 valence electrons. The molecule has 1 aromatic rings. The summed E-state index contributed by atoms with van der Waals surface area (Å²) < 4.78 is 26.8. The van der Waals surface area contributed by atoms with Crippen molar-refractivity contribution in [2.75, 3.05) is 6.54 Å². The minimum Gasteiger partial charge on any atom is -0.368 e. The van der Waals surface area contributed by atoms with Crippen LogP contribution in [0.3, 0.4) is 0 Å². The molecule has 6 nitrogen and oxygen atoms in total. The molecular weight excluding hydrogens is 290 g/mol. The van der Waals surface area contributed by atoms with E-state index in [0.717, 1.165) is 12.1 Å². The molecule has 0 aliphatic rings. The Labute approximate surface area is 126 Å². The van der Waals surface area contributed by atoms with Gasteiger partial charge in [-0.05, 0) is 45.0 Å². The molecule has 0 radical (unpaired) electrons. The molecule has 1 rings (SSSR count). The first kappa shape index (κ1) is 17.6. The van der Waals surface area contributed by atoms with Gasteiger partial charge in [-0.2, -0.15) is 4.72 Å². The van der Waals surface area contributed by atoms with Gasteiger partial charge in [0, 0.05) is 6.04 Å². The van der Waals surface area contributed by atoms with Crippen LogP contribution in [0.15, 0.2) is 29.2 Å². The van der Waals surface area contributed by atoms with Gasteiger partial charge in [0.05, 0.1) is 4.90 Å². The summed E-state index contributed by atoms with van der Waals surface area (Å²) in [6, 6.07) is 6.67. The number of carbonyl (C=O) groups is 1. The van der Waals surface area contributed by atoms with E-state index in [-0.39, 0.29) is 10.9 Å². The second kappa shape index (κ2) is 6.55. The van der Waals surface area contributed by atoms with Crippen molar-refractivity contribution >= 4 is 15.9 Å². The molecule has 1 unspecified atom stereocenters. The molecule has 0 saturated carbocycles. The summed E-state index contributed by atoms with van der Waals surface area (Å²) in [5.41, 5.74) is 4.83. The molecule has 0 bridgehead atoms. The Morgan fingerprint density at radius 3 is 2.24 bits per heavy atom. The molecule has 21 heavy (non-hydrogen) atoms. The maximum absolute atomic E-state index is 12.2. The molecule has 0 fully saturated rings. The molecule has 1 aromatic carbocycles. The highest BCUT2D eigenvalue weighted by molar-refractivity contribution is 7.89. The predicted octanol–water partition coefficient (Wildman–Crippen LogP) is 0.899. The van der Waals surface area contributed by atoms with Crippen LogP contribution in [-0.2, 0) is 14.8 Å². The maximum atomic E-state index is 12.2. The van der Waals surface area contributed by atoms with Crippen LogP contribution in [0.25, 0.3) is 0 Å². The van der Waals surface area contributed by atoms with E-state index in [1.165, 1.54) is 26.0 Å². The SMILES string of the molecule is CCNC(C)c1ccc(S(=O)(=O)NC(C)(C)C(N)=O)cc1. The van der Waals surface area contributed by atoms with E-state index in [9.17, 15) is 13.2 Å². The van der Waals surface area contributed by atoms with E-state index >= 15 is 0 Å². The van der Waals surface area contributed by atoms with Crippen molar-refractivity contribution in [2.45, 2.75) is 44.2 Å². The van der Waals surface area contributed by atoms with Crippen molar-refractivity contribution in [1.29, 1.82) is 0 Å². The molecule has 4 N–H and O–H groups in total. The summed E-state index contributed by atoms with van der Waals surface area (Å²) in [7, 11) is -3.79. The van der Waals surface area contributed by atoms with Gasteiger partial charge in [-0.3, -0.25) is 4.79 Å². The lowest BCUT2D eigenvalue weighted by atomic mass is 10.1. The second-order valence-corrected chi connectivity index (χ2v) is 7.13. The normalized spacial score (nSPS) is 13.9. The zero-order chi connectivity index (χ0) is 16.3. The van der Waals surface area contributed by atoms with Crippen molar-refractivity contribution in [1.82, 2.24) is 10.0 Å². The Kier molecular flexibility index (Phi) is 5.49. The lowest BCUT2D eigenvalue weighted by molar-refractivity contribution is -0.122. The average molecular weight is 313 g/mol. The Morgan fingerprint density at radius 2 is 1.81 bits per heavy atom.